The highest BCUT2D eigenvalue weighted by molar-refractivity contribution is 5.49. The molecule has 1 unspecified atom stereocenters. The van der Waals surface area contributed by atoms with Crippen LogP contribution in [0.4, 0.5) is 10.1 Å². The van der Waals surface area contributed by atoms with Crippen LogP contribution in [-0.2, 0) is 5.41 Å². The van der Waals surface area contributed by atoms with Crippen molar-refractivity contribution < 1.29 is 4.39 Å². The highest BCUT2D eigenvalue weighted by atomic mass is 19.1. The molecular weight excluding hydrogens is 459 g/mol. The number of anilines is 1. The molecule has 0 bridgehead atoms. The van der Waals surface area contributed by atoms with Crippen LogP contribution in [0.25, 0.3) is 0 Å². The van der Waals surface area contributed by atoms with Crippen molar-refractivity contribution in [1.82, 2.24) is 10.2 Å². The highest BCUT2D eigenvalue weighted by Gasteiger charge is 2.38. The zero-order valence-corrected chi connectivity index (χ0v) is 23.3. The summed E-state index contributed by atoms with van der Waals surface area (Å²) in [7, 11) is 0. The van der Waals surface area contributed by atoms with Crippen molar-refractivity contribution in [1.29, 1.82) is 5.26 Å². The van der Waals surface area contributed by atoms with E-state index in [1.807, 2.05) is 30.3 Å². The van der Waals surface area contributed by atoms with E-state index >= 15 is 0 Å². The molecule has 200 valence electrons. The summed E-state index contributed by atoms with van der Waals surface area (Å²) in [5, 5.41) is 12.7. The Labute approximate surface area is 224 Å². The zero-order chi connectivity index (χ0) is 26.7. The highest BCUT2D eigenvalue weighted by Crippen LogP contribution is 2.38. The molecule has 4 nitrogen and oxygen atoms in total. The number of nitrogens with one attached hydrogen (secondary N) is 1. The van der Waals surface area contributed by atoms with E-state index in [1.54, 1.807) is 12.1 Å². The molecule has 1 atom stereocenters. The van der Waals surface area contributed by atoms with E-state index in [1.165, 1.54) is 11.4 Å². The number of likely N-dealkylation sites (tertiary alicyclic amines) is 1. The van der Waals surface area contributed by atoms with Crippen molar-refractivity contribution in [3.63, 3.8) is 0 Å². The second kappa shape index (κ2) is 14.2. The Balaban J connectivity index is 1.57. The smallest absolute Gasteiger partial charge is 0.123 e. The Morgan fingerprint density at radius 2 is 1.92 bits per heavy atom. The number of unbranched alkanes of at least 4 members (excludes halogenated alkanes) is 1. The minimum atomic E-state index is -0.151. The predicted octanol–water partition coefficient (Wildman–Crippen LogP) is 6.88. The van der Waals surface area contributed by atoms with Gasteiger partial charge in [0, 0.05) is 36.4 Å². The molecule has 0 aliphatic carbocycles. The van der Waals surface area contributed by atoms with E-state index in [0.717, 1.165) is 76.9 Å². The molecule has 0 saturated carbocycles. The lowest BCUT2D eigenvalue weighted by Crippen LogP contribution is -2.47. The Hall–Kier alpha value is -2.84. The number of nitriles is 1. The quantitative estimate of drug-likeness (QED) is 0.323. The minimum absolute atomic E-state index is 0.121. The molecule has 0 aromatic heterocycles. The SMILES string of the molecule is CCC/C=C(/C)NCC(C)(c1cccc(F)c1)C1CCN(CCCN(CC)c2ccc(C#N)cc2)CC1. The lowest BCUT2D eigenvalue weighted by Gasteiger charge is -2.44. The molecule has 0 radical (unpaired) electrons. The second-order valence-electron chi connectivity index (χ2n) is 10.7. The van der Waals surface area contributed by atoms with E-state index in [2.05, 4.69) is 61.0 Å². The maximum absolute atomic E-state index is 14.2. The first-order chi connectivity index (χ1) is 17.9. The van der Waals surface area contributed by atoms with Crippen LogP contribution in [-0.4, -0.2) is 44.2 Å². The van der Waals surface area contributed by atoms with E-state index in [9.17, 15) is 4.39 Å². The van der Waals surface area contributed by atoms with Gasteiger partial charge in [0.1, 0.15) is 5.82 Å². The topological polar surface area (TPSA) is 42.3 Å². The minimum Gasteiger partial charge on any atom is -0.388 e. The summed E-state index contributed by atoms with van der Waals surface area (Å²) in [5.41, 5.74) is 4.08. The van der Waals surface area contributed by atoms with Crippen LogP contribution in [0.1, 0.15) is 70.9 Å². The average Bonchev–Trinajstić information content (AvgIpc) is 2.93. The monoisotopic (exact) mass is 504 g/mol. The van der Waals surface area contributed by atoms with E-state index in [0.29, 0.717) is 11.5 Å². The van der Waals surface area contributed by atoms with Crippen LogP contribution in [0, 0.1) is 23.1 Å². The van der Waals surface area contributed by atoms with E-state index < -0.39 is 0 Å². The average molecular weight is 505 g/mol. The van der Waals surface area contributed by atoms with Gasteiger partial charge in [0.05, 0.1) is 11.6 Å². The summed E-state index contributed by atoms with van der Waals surface area (Å²) in [6.07, 6.45) is 7.85. The molecule has 3 rings (SSSR count). The van der Waals surface area contributed by atoms with Crippen LogP contribution in [0.15, 0.2) is 60.3 Å². The Morgan fingerprint density at radius 1 is 1.19 bits per heavy atom. The van der Waals surface area contributed by atoms with Gasteiger partial charge in [-0.15, -0.1) is 0 Å². The first-order valence-corrected chi connectivity index (χ1v) is 14.0. The van der Waals surface area contributed by atoms with Crippen molar-refractivity contribution in [2.24, 2.45) is 5.92 Å². The molecule has 1 heterocycles. The van der Waals surface area contributed by atoms with Gasteiger partial charge in [0.15, 0.2) is 0 Å². The molecule has 1 fully saturated rings. The summed E-state index contributed by atoms with van der Waals surface area (Å²) >= 11 is 0. The normalized spacial score (nSPS) is 16.7. The standard InChI is InChI=1S/C32H45FN4/c1-5-7-10-26(3)35-25-32(4,29-11-8-12-30(33)23-29)28-17-21-36(22-18-28)19-9-20-37(6-2)31-15-13-27(24-34)14-16-31/h8,10-16,23,28,35H,5-7,9,17-22,25H2,1-4H3/b26-10-. The molecule has 0 amide bonds. The van der Waals surface area contributed by atoms with Gasteiger partial charge in [0.25, 0.3) is 0 Å². The third kappa shape index (κ3) is 8.07. The molecule has 1 saturated heterocycles. The van der Waals surface area contributed by atoms with E-state index in [-0.39, 0.29) is 11.2 Å². The molecule has 0 spiro atoms. The summed E-state index contributed by atoms with van der Waals surface area (Å²) in [6.45, 7) is 14.9. The zero-order valence-electron chi connectivity index (χ0n) is 23.3. The third-order valence-electron chi connectivity index (χ3n) is 8.09. The predicted molar refractivity (Wildman–Crippen MR) is 153 cm³/mol. The fourth-order valence-electron chi connectivity index (χ4n) is 5.58. The van der Waals surface area contributed by atoms with Crippen molar-refractivity contribution in [3.8, 4) is 6.07 Å². The van der Waals surface area contributed by atoms with Crippen molar-refractivity contribution >= 4 is 5.69 Å². The number of benzene rings is 2. The largest absolute Gasteiger partial charge is 0.388 e. The second-order valence-corrected chi connectivity index (χ2v) is 10.7. The first kappa shape index (κ1) is 28.7. The fourth-order valence-corrected chi connectivity index (χ4v) is 5.58. The number of halogens is 1. The molecule has 1 N–H and O–H groups in total. The number of piperidine rings is 1. The third-order valence-corrected chi connectivity index (χ3v) is 8.09. The number of hydrogen-bond donors (Lipinski definition) is 1. The summed E-state index contributed by atoms with van der Waals surface area (Å²) in [4.78, 5) is 4.98. The molecule has 2 aromatic rings. The van der Waals surface area contributed by atoms with Crippen LogP contribution in [0.5, 0.6) is 0 Å². The van der Waals surface area contributed by atoms with Crippen LogP contribution in [0.2, 0.25) is 0 Å². The molecule has 37 heavy (non-hydrogen) atoms. The summed E-state index contributed by atoms with van der Waals surface area (Å²) < 4.78 is 14.2. The lowest BCUT2D eigenvalue weighted by atomic mass is 9.67. The summed E-state index contributed by atoms with van der Waals surface area (Å²) in [5.74, 6) is 0.352. The van der Waals surface area contributed by atoms with Gasteiger partial charge < -0.3 is 15.1 Å². The lowest BCUT2D eigenvalue weighted by molar-refractivity contribution is 0.132. The maximum Gasteiger partial charge on any atom is 0.123 e. The van der Waals surface area contributed by atoms with Gasteiger partial charge in [0.2, 0.25) is 0 Å². The van der Waals surface area contributed by atoms with Crippen LogP contribution < -0.4 is 10.2 Å². The Bertz CT molecular complexity index is 1030. The van der Waals surface area contributed by atoms with Gasteiger partial charge in [-0.3, -0.25) is 0 Å². The Morgan fingerprint density at radius 3 is 2.54 bits per heavy atom. The molecule has 1 aliphatic rings. The molecule has 5 heteroatoms. The van der Waals surface area contributed by atoms with Gasteiger partial charge in [-0.2, -0.15) is 5.26 Å². The summed E-state index contributed by atoms with van der Waals surface area (Å²) in [6, 6.07) is 17.3. The van der Waals surface area contributed by atoms with Gasteiger partial charge in [-0.1, -0.05) is 38.5 Å². The van der Waals surface area contributed by atoms with Crippen molar-refractivity contribution in [2.75, 3.05) is 44.2 Å². The van der Waals surface area contributed by atoms with Gasteiger partial charge in [-0.25, -0.2) is 4.39 Å². The van der Waals surface area contributed by atoms with E-state index in [4.69, 9.17) is 5.26 Å². The molecule has 1 aliphatic heterocycles. The molecule has 2 aromatic carbocycles. The number of allylic oxidation sites excluding steroid dienone is 2. The van der Waals surface area contributed by atoms with Crippen molar-refractivity contribution in [3.05, 3.63) is 77.2 Å². The Kier molecular flexibility index (Phi) is 11.0. The number of rotatable bonds is 13. The first-order valence-electron chi connectivity index (χ1n) is 14.0. The number of nitrogens with zero attached hydrogens (tertiary/aromatic N) is 3. The fraction of sp³-hybridized carbons (Fsp3) is 0.531. The van der Waals surface area contributed by atoms with Crippen LogP contribution in [0.3, 0.4) is 0 Å². The van der Waals surface area contributed by atoms with Gasteiger partial charge in [-0.05, 0) is 107 Å². The van der Waals surface area contributed by atoms with Crippen LogP contribution >= 0.6 is 0 Å². The van der Waals surface area contributed by atoms with Gasteiger partial charge >= 0.3 is 0 Å². The number of hydrogen-bond acceptors (Lipinski definition) is 4. The van der Waals surface area contributed by atoms with Crippen molar-refractivity contribution in [2.45, 2.75) is 65.2 Å². The maximum atomic E-state index is 14.2. The molecular formula is C32H45FN4.